The lowest BCUT2D eigenvalue weighted by Crippen LogP contribution is -2.36. The zero-order valence-electron chi connectivity index (χ0n) is 11.6. The summed E-state index contributed by atoms with van der Waals surface area (Å²) < 4.78 is 0. The average molecular weight is 281 g/mol. The van der Waals surface area contributed by atoms with Gasteiger partial charge in [0.05, 0.1) is 17.5 Å². The zero-order valence-corrected chi connectivity index (χ0v) is 12.4. The van der Waals surface area contributed by atoms with Gasteiger partial charge in [0.15, 0.2) is 0 Å². The summed E-state index contributed by atoms with van der Waals surface area (Å²) in [7, 11) is 0. The highest BCUT2D eigenvalue weighted by molar-refractivity contribution is 7.14. The Balaban J connectivity index is 2.08. The molecule has 106 valence electrons. The van der Waals surface area contributed by atoms with Crippen LogP contribution in [0.5, 0.6) is 0 Å². The molecule has 0 aliphatic heterocycles. The van der Waals surface area contributed by atoms with Crippen molar-refractivity contribution in [3.63, 3.8) is 0 Å². The van der Waals surface area contributed by atoms with E-state index in [1.165, 1.54) is 36.1 Å². The van der Waals surface area contributed by atoms with E-state index < -0.39 is 0 Å². The van der Waals surface area contributed by atoms with E-state index in [0.717, 1.165) is 24.1 Å². The third-order valence-corrected chi connectivity index (χ3v) is 5.00. The number of amides is 1. The first kappa shape index (κ1) is 14.5. The molecule has 0 bridgehead atoms. The molecule has 1 amide bonds. The molecular formula is C15H23NO2S. The summed E-state index contributed by atoms with van der Waals surface area (Å²) in [6, 6.07) is 1.93. The highest BCUT2D eigenvalue weighted by Gasteiger charge is 2.17. The van der Waals surface area contributed by atoms with Gasteiger partial charge in [-0.05, 0) is 43.7 Å². The molecule has 1 aliphatic carbocycles. The minimum Gasteiger partial charge on any atom is -0.394 e. The van der Waals surface area contributed by atoms with Gasteiger partial charge in [-0.15, -0.1) is 11.3 Å². The number of hydrogen-bond acceptors (Lipinski definition) is 3. The smallest absolute Gasteiger partial charge is 0.261 e. The van der Waals surface area contributed by atoms with Gasteiger partial charge in [0.25, 0.3) is 5.91 Å². The minimum atomic E-state index is -0.128. The second-order valence-electron chi connectivity index (χ2n) is 5.23. The number of hydrogen-bond donors (Lipinski definition) is 2. The van der Waals surface area contributed by atoms with Crippen LogP contribution >= 0.6 is 11.3 Å². The third-order valence-electron chi connectivity index (χ3n) is 3.77. The molecule has 19 heavy (non-hydrogen) atoms. The summed E-state index contributed by atoms with van der Waals surface area (Å²) in [5, 5.41) is 12.0. The summed E-state index contributed by atoms with van der Waals surface area (Å²) in [6.07, 6.45) is 8.07. The lowest BCUT2D eigenvalue weighted by Gasteiger charge is -2.12. The molecule has 2 N–H and O–H groups in total. The lowest BCUT2D eigenvalue weighted by molar-refractivity contribution is 0.0919. The van der Waals surface area contributed by atoms with Gasteiger partial charge in [-0.25, -0.2) is 0 Å². The average Bonchev–Trinajstić information content (AvgIpc) is 2.78. The van der Waals surface area contributed by atoms with Crippen LogP contribution in [-0.2, 0) is 12.8 Å². The summed E-state index contributed by atoms with van der Waals surface area (Å²) in [6.45, 7) is 1.97. The van der Waals surface area contributed by atoms with E-state index >= 15 is 0 Å². The number of nitrogens with one attached hydrogen (secondary N) is 1. The fourth-order valence-corrected chi connectivity index (χ4v) is 3.65. The monoisotopic (exact) mass is 281 g/mol. The fraction of sp³-hybridized carbons (Fsp3) is 0.667. The Bertz CT molecular complexity index is 398. The Morgan fingerprint density at radius 3 is 2.79 bits per heavy atom. The van der Waals surface area contributed by atoms with Crippen LogP contribution in [0.3, 0.4) is 0 Å². The first-order chi connectivity index (χ1) is 9.24. The van der Waals surface area contributed by atoms with Crippen LogP contribution in [0.2, 0.25) is 0 Å². The van der Waals surface area contributed by atoms with Gasteiger partial charge < -0.3 is 10.4 Å². The van der Waals surface area contributed by atoms with E-state index in [1.807, 2.05) is 6.92 Å². The number of carbonyl (C=O) groups excluding carboxylic acids is 1. The van der Waals surface area contributed by atoms with Gasteiger partial charge in [-0.3, -0.25) is 4.79 Å². The SMILES string of the molecule is CC[C@@H](CO)NC(=O)c1cc2c(s1)CCCCCC2. The number of fused-ring (bicyclic) bond motifs is 1. The van der Waals surface area contributed by atoms with Crippen molar-refractivity contribution in [2.24, 2.45) is 0 Å². The van der Waals surface area contributed by atoms with Gasteiger partial charge in [0, 0.05) is 4.88 Å². The molecule has 1 heterocycles. The molecule has 3 nitrogen and oxygen atoms in total. The largest absolute Gasteiger partial charge is 0.394 e. The number of aryl methyl sites for hydroxylation is 2. The summed E-state index contributed by atoms with van der Waals surface area (Å²) in [5.74, 6) is -0.0300. The Hall–Kier alpha value is -0.870. The van der Waals surface area contributed by atoms with Gasteiger partial charge >= 0.3 is 0 Å². The Morgan fingerprint density at radius 2 is 2.11 bits per heavy atom. The van der Waals surface area contributed by atoms with E-state index in [2.05, 4.69) is 11.4 Å². The van der Waals surface area contributed by atoms with Crippen molar-refractivity contribution in [1.82, 2.24) is 5.32 Å². The molecule has 0 fully saturated rings. The van der Waals surface area contributed by atoms with Gasteiger partial charge in [-0.1, -0.05) is 19.8 Å². The predicted octanol–water partition coefficient (Wildman–Crippen LogP) is 2.91. The Morgan fingerprint density at radius 1 is 1.37 bits per heavy atom. The second-order valence-corrected chi connectivity index (χ2v) is 6.37. The number of aliphatic hydroxyl groups excluding tert-OH is 1. The molecule has 0 spiro atoms. The van der Waals surface area contributed by atoms with Crippen molar-refractivity contribution in [1.29, 1.82) is 0 Å². The molecule has 1 aromatic heterocycles. The van der Waals surface area contributed by atoms with Crippen molar-refractivity contribution in [3.8, 4) is 0 Å². The molecular weight excluding hydrogens is 258 g/mol. The van der Waals surface area contributed by atoms with Crippen molar-refractivity contribution in [2.75, 3.05) is 6.61 Å². The van der Waals surface area contributed by atoms with E-state index in [1.54, 1.807) is 11.3 Å². The second kappa shape index (κ2) is 7.06. The maximum absolute atomic E-state index is 12.2. The zero-order chi connectivity index (χ0) is 13.7. The third kappa shape index (κ3) is 3.80. The van der Waals surface area contributed by atoms with Crippen LogP contribution in [-0.4, -0.2) is 23.7 Å². The quantitative estimate of drug-likeness (QED) is 0.891. The van der Waals surface area contributed by atoms with Gasteiger partial charge in [0.1, 0.15) is 0 Å². The highest BCUT2D eigenvalue weighted by atomic mass is 32.1. The van der Waals surface area contributed by atoms with Gasteiger partial charge in [0.2, 0.25) is 0 Å². The fourth-order valence-electron chi connectivity index (χ4n) is 2.49. The molecule has 0 unspecified atom stereocenters. The molecule has 1 aromatic rings. The van der Waals surface area contributed by atoms with Gasteiger partial charge in [-0.2, -0.15) is 0 Å². The van der Waals surface area contributed by atoms with E-state index in [9.17, 15) is 4.79 Å². The Kier molecular flexibility index (Phi) is 5.40. The Labute approximate surface area is 119 Å². The standard InChI is InChI=1S/C15H23NO2S/c1-2-12(10-17)16-15(18)14-9-11-7-5-3-4-6-8-13(11)19-14/h9,12,17H,2-8,10H2,1H3,(H,16,18)/t12-/m0/s1. The lowest BCUT2D eigenvalue weighted by atomic mass is 10.00. The molecule has 0 radical (unpaired) electrons. The molecule has 4 heteroatoms. The number of aliphatic hydroxyl groups is 1. The van der Waals surface area contributed by atoms with E-state index in [0.29, 0.717) is 0 Å². The first-order valence-electron chi connectivity index (χ1n) is 7.28. The molecule has 2 rings (SSSR count). The maximum atomic E-state index is 12.2. The molecule has 1 aliphatic rings. The first-order valence-corrected chi connectivity index (χ1v) is 8.09. The summed E-state index contributed by atoms with van der Waals surface area (Å²) in [5.41, 5.74) is 1.37. The van der Waals surface area contributed by atoms with Crippen LogP contribution in [0.25, 0.3) is 0 Å². The number of thiophene rings is 1. The molecule has 0 aromatic carbocycles. The van der Waals surface area contributed by atoms with Crippen molar-refractivity contribution in [3.05, 3.63) is 21.4 Å². The molecule has 0 saturated heterocycles. The van der Waals surface area contributed by atoms with Crippen LogP contribution in [0.15, 0.2) is 6.07 Å². The minimum absolute atomic E-state index is 0.00727. The van der Waals surface area contributed by atoms with Crippen LogP contribution in [0.1, 0.15) is 59.1 Å². The molecule has 0 saturated carbocycles. The number of carbonyl (C=O) groups is 1. The summed E-state index contributed by atoms with van der Waals surface area (Å²) >= 11 is 1.64. The van der Waals surface area contributed by atoms with E-state index in [-0.39, 0.29) is 18.6 Å². The van der Waals surface area contributed by atoms with Crippen molar-refractivity contribution in [2.45, 2.75) is 57.9 Å². The van der Waals surface area contributed by atoms with Crippen molar-refractivity contribution < 1.29 is 9.90 Å². The van der Waals surface area contributed by atoms with Crippen molar-refractivity contribution >= 4 is 17.2 Å². The van der Waals surface area contributed by atoms with Crippen LogP contribution in [0, 0.1) is 0 Å². The maximum Gasteiger partial charge on any atom is 0.261 e. The number of rotatable bonds is 4. The van der Waals surface area contributed by atoms with Crippen LogP contribution < -0.4 is 5.32 Å². The highest BCUT2D eigenvalue weighted by Crippen LogP contribution is 2.28. The topological polar surface area (TPSA) is 49.3 Å². The molecule has 1 atom stereocenters. The van der Waals surface area contributed by atoms with Crippen LogP contribution in [0.4, 0.5) is 0 Å². The van der Waals surface area contributed by atoms with E-state index in [4.69, 9.17) is 5.11 Å². The summed E-state index contributed by atoms with van der Waals surface area (Å²) in [4.78, 5) is 14.3. The predicted molar refractivity (Wildman–Crippen MR) is 78.8 cm³/mol. The normalized spacial score (nSPS) is 17.2.